The number of methoxy groups -OCH3 is 1. The van der Waals surface area contributed by atoms with E-state index in [1.54, 1.807) is 42.5 Å². The van der Waals surface area contributed by atoms with Gasteiger partial charge in [-0.3, -0.25) is 9.59 Å². The van der Waals surface area contributed by atoms with Crippen LogP contribution in [0.4, 0.5) is 5.69 Å². The highest BCUT2D eigenvalue weighted by Crippen LogP contribution is 2.29. The molecule has 0 aliphatic heterocycles. The van der Waals surface area contributed by atoms with Gasteiger partial charge < -0.3 is 25.3 Å². The predicted molar refractivity (Wildman–Crippen MR) is 102 cm³/mol. The van der Waals surface area contributed by atoms with Gasteiger partial charge in [0.1, 0.15) is 5.75 Å². The van der Waals surface area contributed by atoms with Crippen molar-refractivity contribution in [3.63, 3.8) is 0 Å². The van der Waals surface area contributed by atoms with Gasteiger partial charge >= 0.3 is 0 Å². The lowest BCUT2D eigenvalue weighted by molar-refractivity contribution is -0.119. The molecule has 0 aromatic heterocycles. The average Bonchev–Trinajstić information content (AvgIpc) is 2.64. The molecule has 0 heterocycles. The topological polar surface area (TPSA) is 99.9 Å². The largest absolute Gasteiger partial charge is 0.493 e. The van der Waals surface area contributed by atoms with Crippen molar-refractivity contribution in [2.24, 2.45) is 11.7 Å². The van der Waals surface area contributed by atoms with E-state index in [2.05, 4.69) is 19.2 Å². The first-order chi connectivity index (χ1) is 12.9. The number of hydrogen-bond acceptors (Lipinski definition) is 5. The van der Waals surface area contributed by atoms with E-state index in [0.29, 0.717) is 41.0 Å². The van der Waals surface area contributed by atoms with Gasteiger partial charge in [-0.05, 0) is 36.2 Å². The van der Waals surface area contributed by atoms with Crippen LogP contribution in [0.3, 0.4) is 0 Å². The summed E-state index contributed by atoms with van der Waals surface area (Å²) in [4.78, 5) is 23.3. The Kier molecular flexibility index (Phi) is 7.05. The maximum Gasteiger partial charge on any atom is 0.255 e. The third kappa shape index (κ3) is 6.22. The van der Waals surface area contributed by atoms with E-state index in [1.807, 2.05) is 0 Å². The fourth-order valence-corrected chi connectivity index (χ4v) is 2.21. The van der Waals surface area contributed by atoms with Crippen LogP contribution in [-0.4, -0.2) is 32.1 Å². The SMILES string of the molecule is COc1cc(C(=O)Nc2cccc(OCC(N)=O)c2)ccc1OCC(C)C. The summed E-state index contributed by atoms with van der Waals surface area (Å²) >= 11 is 0. The Hall–Kier alpha value is -3.22. The summed E-state index contributed by atoms with van der Waals surface area (Å²) < 4.78 is 16.2. The highest BCUT2D eigenvalue weighted by atomic mass is 16.5. The van der Waals surface area contributed by atoms with Crippen LogP contribution in [-0.2, 0) is 4.79 Å². The summed E-state index contributed by atoms with van der Waals surface area (Å²) in [5.74, 6) is 1.00. The molecule has 2 amide bonds. The summed E-state index contributed by atoms with van der Waals surface area (Å²) in [5, 5.41) is 2.78. The van der Waals surface area contributed by atoms with Gasteiger partial charge in [0.05, 0.1) is 13.7 Å². The molecule has 7 heteroatoms. The van der Waals surface area contributed by atoms with Crippen LogP contribution in [0.2, 0.25) is 0 Å². The molecule has 144 valence electrons. The molecule has 7 nitrogen and oxygen atoms in total. The van der Waals surface area contributed by atoms with Gasteiger partial charge in [-0.2, -0.15) is 0 Å². The molecule has 0 atom stereocenters. The van der Waals surface area contributed by atoms with E-state index in [4.69, 9.17) is 19.9 Å². The Morgan fingerprint density at radius 2 is 1.85 bits per heavy atom. The number of benzene rings is 2. The molecule has 0 saturated carbocycles. The number of rotatable bonds is 9. The van der Waals surface area contributed by atoms with Crippen molar-refractivity contribution in [3.8, 4) is 17.2 Å². The fourth-order valence-electron chi connectivity index (χ4n) is 2.21. The second-order valence-corrected chi connectivity index (χ2v) is 6.31. The second kappa shape index (κ2) is 9.47. The number of amides is 2. The molecule has 2 aromatic carbocycles. The lowest BCUT2D eigenvalue weighted by atomic mass is 10.1. The van der Waals surface area contributed by atoms with Crippen LogP contribution < -0.4 is 25.3 Å². The summed E-state index contributed by atoms with van der Waals surface area (Å²) in [6, 6.07) is 11.7. The molecular weight excluding hydrogens is 348 g/mol. The highest BCUT2D eigenvalue weighted by molar-refractivity contribution is 6.04. The minimum atomic E-state index is -0.573. The number of nitrogens with two attached hydrogens (primary N) is 1. The van der Waals surface area contributed by atoms with Crippen molar-refractivity contribution >= 4 is 17.5 Å². The first-order valence-electron chi connectivity index (χ1n) is 8.52. The van der Waals surface area contributed by atoms with Gasteiger partial charge in [-0.15, -0.1) is 0 Å². The Morgan fingerprint density at radius 3 is 2.52 bits per heavy atom. The monoisotopic (exact) mass is 372 g/mol. The standard InChI is InChI=1S/C20H24N2O5/c1-13(2)11-27-17-8-7-14(9-18(17)25-3)20(24)22-15-5-4-6-16(10-15)26-12-19(21)23/h4-10,13H,11-12H2,1-3H3,(H2,21,23)(H,22,24). The predicted octanol–water partition coefficient (Wildman–Crippen LogP) is 2.85. The van der Waals surface area contributed by atoms with Crippen LogP contribution in [0.5, 0.6) is 17.2 Å². The molecule has 0 radical (unpaired) electrons. The zero-order valence-electron chi connectivity index (χ0n) is 15.7. The number of nitrogens with one attached hydrogen (secondary N) is 1. The average molecular weight is 372 g/mol. The van der Waals surface area contributed by atoms with Crippen LogP contribution in [0.1, 0.15) is 24.2 Å². The van der Waals surface area contributed by atoms with Gasteiger partial charge in [-0.1, -0.05) is 19.9 Å². The van der Waals surface area contributed by atoms with Gasteiger partial charge in [0.25, 0.3) is 11.8 Å². The van der Waals surface area contributed by atoms with Crippen LogP contribution in [0.15, 0.2) is 42.5 Å². The van der Waals surface area contributed by atoms with Crippen LogP contribution >= 0.6 is 0 Å². The van der Waals surface area contributed by atoms with E-state index in [0.717, 1.165) is 0 Å². The summed E-state index contributed by atoms with van der Waals surface area (Å²) in [6.45, 7) is 4.43. The zero-order chi connectivity index (χ0) is 19.8. The molecule has 0 unspecified atom stereocenters. The maximum atomic E-state index is 12.5. The fraction of sp³-hybridized carbons (Fsp3) is 0.300. The van der Waals surface area contributed by atoms with E-state index < -0.39 is 5.91 Å². The van der Waals surface area contributed by atoms with Gasteiger partial charge in [0.15, 0.2) is 18.1 Å². The summed E-state index contributed by atoms with van der Waals surface area (Å²) in [6.07, 6.45) is 0. The minimum absolute atomic E-state index is 0.230. The highest BCUT2D eigenvalue weighted by Gasteiger charge is 2.12. The van der Waals surface area contributed by atoms with Crippen molar-refractivity contribution in [1.82, 2.24) is 0 Å². The molecule has 0 saturated heterocycles. The normalized spacial score (nSPS) is 10.4. The molecule has 2 aromatic rings. The molecule has 3 N–H and O–H groups in total. The zero-order valence-corrected chi connectivity index (χ0v) is 15.7. The third-order valence-corrected chi connectivity index (χ3v) is 3.47. The first kappa shape index (κ1) is 20.1. The third-order valence-electron chi connectivity index (χ3n) is 3.47. The van der Waals surface area contributed by atoms with E-state index in [1.165, 1.54) is 7.11 Å². The Bertz CT molecular complexity index is 805. The minimum Gasteiger partial charge on any atom is -0.493 e. The first-order valence-corrected chi connectivity index (χ1v) is 8.52. The number of carbonyl (C=O) groups excluding carboxylic acids is 2. The molecule has 27 heavy (non-hydrogen) atoms. The van der Waals surface area contributed by atoms with Crippen LogP contribution in [0, 0.1) is 5.92 Å². The molecule has 0 fully saturated rings. The Morgan fingerprint density at radius 1 is 1.07 bits per heavy atom. The molecule has 2 rings (SSSR count). The molecular formula is C20H24N2O5. The molecule has 0 aliphatic rings. The lowest BCUT2D eigenvalue weighted by Gasteiger charge is -2.14. The Balaban J connectivity index is 2.09. The van der Waals surface area contributed by atoms with Gasteiger partial charge in [0, 0.05) is 17.3 Å². The molecule has 0 spiro atoms. The number of hydrogen-bond donors (Lipinski definition) is 2. The number of ether oxygens (including phenoxy) is 3. The van der Waals surface area contributed by atoms with Crippen molar-refractivity contribution < 1.29 is 23.8 Å². The van der Waals surface area contributed by atoms with Crippen molar-refractivity contribution in [2.45, 2.75) is 13.8 Å². The second-order valence-electron chi connectivity index (χ2n) is 6.31. The van der Waals surface area contributed by atoms with Gasteiger partial charge in [-0.25, -0.2) is 0 Å². The molecule has 0 aliphatic carbocycles. The van der Waals surface area contributed by atoms with E-state index in [-0.39, 0.29) is 12.5 Å². The van der Waals surface area contributed by atoms with E-state index in [9.17, 15) is 9.59 Å². The quantitative estimate of drug-likeness (QED) is 0.705. The van der Waals surface area contributed by atoms with Crippen molar-refractivity contribution in [3.05, 3.63) is 48.0 Å². The smallest absolute Gasteiger partial charge is 0.255 e. The number of primary amides is 1. The number of anilines is 1. The lowest BCUT2D eigenvalue weighted by Crippen LogP contribution is -2.20. The maximum absolute atomic E-state index is 12.5. The van der Waals surface area contributed by atoms with Crippen LogP contribution in [0.25, 0.3) is 0 Å². The van der Waals surface area contributed by atoms with Crippen molar-refractivity contribution in [1.29, 1.82) is 0 Å². The summed E-state index contributed by atoms with van der Waals surface area (Å²) in [5.41, 5.74) is 6.01. The summed E-state index contributed by atoms with van der Waals surface area (Å²) in [7, 11) is 1.53. The van der Waals surface area contributed by atoms with Gasteiger partial charge in [0.2, 0.25) is 0 Å². The van der Waals surface area contributed by atoms with Crippen molar-refractivity contribution in [2.75, 3.05) is 25.6 Å². The van der Waals surface area contributed by atoms with E-state index >= 15 is 0 Å². The Labute approximate surface area is 158 Å². The molecule has 0 bridgehead atoms. The number of carbonyl (C=O) groups is 2.